The van der Waals surface area contributed by atoms with E-state index in [2.05, 4.69) is 528 Å². The van der Waals surface area contributed by atoms with Gasteiger partial charge in [-0.25, -0.2) is 0 Å². The molecule has 0 atom stereocenters. The molecule has 13 heteroatoms. The number of hydrogen-bond acceptors (Lipinski definition) is 11. The maximum absolute atomic E-state index is 2.56. The lowest BCUT2D eigenvalue weighted by Gasteiger charge is -2.25. The maximum atomic E-state index is 2.56. The van der Waals surface area contributed by atoms with Gasteiger partial charge in [-0.15, -0.1) is 79.4 Å². The molecule has 0 amide bonds. The summed E-state index contributed by atoms with van der Waals surface area (Å²) in [7, 11) is 0. The van der Waals surface area contributed by atoms with Crippen molar-refractivity contribution in [3.05, 3.63) is 496 Å². The van der Waals surface area contributed by atoms with Crippen LogP contribution in [0.1, 0.15) is 76.3 Å². The van der Waals surface area contributed by atoms with Crippen LogP contribution in [0.15, 0.2) is 485 Å². The molecule has 16 aromatic carbocycles. The predicted molar refractivity (Wildman–Crippen MR) is 649 cm³/mol. The number of fused-ring (bicyclic) bond motifs is 6. The third-order valence-electron chi connectivity index (χ3n) is 28.6. The Morgan fingerprint density at radius 3 is 0.624 bits per heavy atom. The Hall–Kier alpha value is -15.8. The van der Waals surface area contributed by atoms with Gasteiger partial charge in [0.15, 0.2) is 0 Å². The van der Waals surface area contributed by atoms with E-state index in [0.29, 0.717) is 0 Å². The Bertz CT molecular complexity index is 7900. The summed E-state index contributed by atoms with van der Waals surface area (Å²) in [5.74, 6) is 0. The molecule has 0 aliphatic heterocycles. The smallest absolute Gasteiger partial charge is 0.101 e. The van der Waals surface area contributed by atoms with Crippen LogP contribution in [0.3, 0.4) is 0 Å². The quantitative estimate of drug-likeness (QED) is 0.0375. The minimum atomic E-state index is 1.07. The van der Waals surface area contributed by atoms with Crippen molar-refractivity contribution in [2.75, 3.05) is 19.6 Å². The molecule has 0 saturated carbocycles. The van der Waals surface area contributed by atoms with Gasteiger partial charge in [0.05, 0.1) is 22.1 Å². The molecule has 0 unspecified atom stereocenters. The van der Waals surface area contributed by atoms with Crippen LogP contribution in [0.25, 0.3) is 157 Å². The molecule has 0 bridgehead atoms. The van der Waals surface area contributed by atoms with Crippen LogP contribution in [0.5, 0.6) is 0 Å². The minimum Gasteiger partial charge on any atom is -0.311 e. The first-order valence-corrected chi connectivity index (χ1v) is 57.5. The van der Waals surface area contributed by atoms with Crippen LogP contribution in [-0.2, 0) is 12.8 Å². The molecule has 0 spiro atoms. The standard InChI is InChI=1S/C136H106N6S7/c1-3-5-7-17-35-101-91-131(127-79-77-123(143-127)125-83-85-133(146-125)141-119-73-61-97(93-53-65-111(66-54-93)137(103-37-19-9-20-38-103)104-39-21-10-22-40-104)87-115(119)116-88-98(62-74-120(116)141)94-55-67-112(68-56-94)138(105-41-23-11-24-42-105)106-43-25-12-26-44-106)148-135(101)129-81-82-130(145-129)136-102(36-18-8-6-4-2)92-132(149-136)128-80-78-124(144-128)126-84-86-134(147-126)142-121-75-63-99(95-57-69-113(70-58-95)139(107-45-27-13-28-46-107)108-47-29-14-30-48-108)89-117(121)118-90-100(64-76-122(118)142)96-59-71-114(72-60-96)140(109-49-31-15-32-50-109)110-51-33-16-34-52-110/h9-16,19-34,37-92H,3-8,17-18,35-36H2,1-2H3. The van der Waals surface area contributed by atoms with Gasteiger partial charge in [-0.2, -0.15) is 0 Å². The SMILES string of the molecule is CCCCCCc1cc(-c2ccc(-c3ccc(-n4c5ccc(-c6ccc(N(c7ccccc7)c7ccccc7)cc6)cc5c5cc(-c6ccc(N(c7ccccc7)c7ccccc7)cc6)ccc54)s3)s2)sc1-c1ccc(-c2sc(-c3ccc(-c4ccc(-n5c6ccc(-c7ccc(N(c8ccccc8)c8ccccc8)cc7)cc6c6cc(-c7ccc(N(c8ccccc8)c8ccccc8)cc7)ccc65)s4)s3)cc2CCCCCC)s1. The molecule has 25 aromatic rings. The molecule has 9 heterocycles. The average molecular weight is 2050 g/mol. The highest BCUT2D eigenvalue weighted by atomic mass is 32.1. The fraction of sp³-hybridized carbons (Fsp3) is 0.0882. The molecule has 0 N–H and O–H groups in total. The zero-order chi connectivity index (χ0) is 99.5. The number of anilines is 12. The highest BCUT2D eigenvalue weighted by Crippen LogP contribution is 2.54. The number of aryl methyl sites for hydroxylation is 2. The van der Waals surface area contributed by atoms with Gasteiger partial charge in [0.2, 0.25) is 0 Å². The Kier molecular flexibility index (Phi) is 26.9. The number of aromatic nitrogens is 2. The summed E-state index contributed by atoms with van der Waals surface area (Å²) in [5.41, 5.74) is 30.4. The van der Waals surface area contributed by atoms with Crippen molar-refractivity contribution in [2.45, 2.75) is 78.1 Å². The highest BCUT2D eigenvalue weighted by Gasteiger charge is 2.27. The van der Waals surface area contributed by atoms with E-state index in [4.69, 9.17) is 0 Å². The summed E-state index contributed by atoms with van der Waals surface area (Å²) >= 11 is 13.6. The van der Waals surface area contributed by atoms with Gasteiger partial charge in [-0.3, -0.25) is 0 Å². The predicted octanol–water partition coefficient (Wildman–Crippen LogP) is 43.1. The lowest BCUT2D eigenvalue weighted by molar-refractivity contribution is 0.668. The van der Waals surface area contributed by atoms with E-state index in [-0.39, 0.29) is 0 Å². The van der Waals surface area contributed by atoms with Gasteiger partial charge in [-0.05, 0) is 348 Å². The molecule has 0 aliphatic carbocycles. The first kappa shape index (κ1) is 94.2. The monoisotopic (exact) mass is 2050 g/mol. The van der Waals surface area contributed by atoms with E-state index in [1.807, 2.05) is 79.4 Å². The van der Waals surface area contributed by atoms with E-state index in [0.717, 1.165) is 103 Å². The lowest BCUT2D eigenvalue weighted by Crippen LogP contribution is -2.09. The summed E-state index contributed by atoms with van der Waals surface area (Å²) < 4.78 is 5.02. The van der Waals surface area contributed by atoms with Crippen molar-refractivity contribution < 1.29 is 0 Å². The topological polar surface area (TPSA) is 22.8 Å². The van der Waals surface area contributed by atoms with Crippen molar-refractivity contribution in [1.82, 2.24) is 9.13 Å². The number of para-hydroxylation sites is 8. The largest absolute Gasteiger partial charge is 0.311 e. The van der Waals surface area contributed by atoms with E-state index >= 15 is 0 Å². The second-order valence-corrected chi connectivity index (χ2v) is 45.6. The van der Waals surface area contributed by atoms with Crippen molar-refractivity contribution in [2.24, 2.45) is 0 Å². The maximum Gasteiger partial charge on any atom is 0.101 e. The molecule has 0 fully saturated rings. The number of nitrogens with zero attached hydrogens (tertiary/aromatic N) is 6. The van der Waals surface area contributed by atoms with Crippen molar-refractivity contribution >= 4 is 191 Å². The van der Waals surface area contributed by atoms with Crippen LogP contribution in [-0.4, -0.2) is 9.13 Å². The molecule has 149 heavy (non-hydrogen) atoms. The van der Waals surface area contributed by atoms with Crippen molar-refractivity contribution in [1.29, 1.82) is 0 Å². The van der Waals surface area contributed by atoms with E-state index < -0.39 is 0 Å². The fourth-order valence-corrected chi connectivity index (χ4v) is 29.3. The number of hydrogen-bond donors (Lipinski definition) is 0. The van der Waals surface area contributed by atoms with Crippen LogP contribution < -0.4 is 19.6 Å². The van der Waals surface area contributed by atoms with Gasteiger partial charge >= 0.3 is 0 Å². The van der Waals surface area contributed by atoms with Crippen LogP contribution >= 0.6 is 79.4 Å². The molecule has 6 nitrogen and oxygen atoms in total. The van der Waals surface area contributed by atoms with Crippen molar-refractivity contribution in [3.8, 4) is 113 Å². The zero-order valence-corrected chi connectivity index (χ0v) is 88.5. The first-order chi connectivity index (χ1) is 73.8. The molecule has 25 rings (SSSR count). The second-order valence-electron chi connectivity index (χ2n) is 38.1. The number of benzene rings is 16. The number of rotatable bonds is 34. The summed E-state index contributed by atoms with van der Waals surface area (Å²) in [5, 5.41) is 7.24. The van der Waals surface area contributed by atoms with Crippen molar-refractivity contribution in [3.63, 3.8) is 0 Å². The average Bonchev–Trinajstić information content (AvgIpc) is 1.58. The minimum absolute atomic E-state index is 1.07. The normalized spacial score (nSPS) is 11.6. The first-order valence-electron chi connectivity index (χ1n) is 51.7. The van der Waals surface area contributed by atoms with Crippen LogP contribution in [0, 0.1) is 0 Å². The van der Waals surface area contributed by atoms with Gasteiger partial charge in [0.25, 0.3) is 0 Å². The molecule has 722 valence electrons. The Labute approximate surface area is 899 Å². The zero-order valence-electron chi connectivity index (χ0n) is 82.8. The molecule has 0 saturated heterocycles. The number of thiophene rings is 7. The van der Waals surface area contributed by atoms with Gasteiger partial charge < -0.3 is 28.7 Å². The second kappa shape index (κ2) is 42.6. The van der Waals surface area contributed by atoms with E-state index in [1.165, 1.54) is 197 Å². The summed E-state index contributed by atoms with van der Waals surface area (Å²) in [6.45, 7) is 4.65. The molecular formula is C136H106N6S7. The van der Waals surface area contributed by atoms with Gasteiger partial charge in [-0.1, -0.05) is 271 Å². The lowest BCUT2D eigenvalue weighted by atomic mass is 9.99. The molecule has 0 aliphatic rings. The summed E-state index contributed by atoms with van der Waals surface area (Å²) in [6, 6.07) is 179. The molecular weight excluding hydrogens is 1940 g/mol. The third-order valence-corrected chi connectivity index (χ3v) is 37.5. The summed E-state index contributed by atoms with van der Waals surface area (Å²) in [4.78, 5) is 25.4. The number of unbranched alkanes of at least 4 members (excludes halogenated alkanes) is 6. The van der Waals surface area contributed by atoms with Crippen LogP contribution in [0.4, 0.5) is 68.2 Å². The fourth-order valence-electron chi connectivity index (χ4n) is 21.2. The van der Waals surface area contributed by atoms with Gasteiger partial charge in [0.1, 0.15) is 10.0 Å². The highest BCUT2D eigenvalue weighted by molar-refractivity contribution is 7.31. The Balaban J connectivity index is 0.513. The van der Waals surface area contributed by atoms with Crippen LogP contribution in [0.2, 0.25) is 0 Å². The summed E-state index contributed by atoms with van der Waals surface area (Å²) in [6.07, 6.45) is 11.9. The molecule has 0 radical (unpaired) electrons. The van der Waals surface area contributed by atoms with Gasteiger partial charge in [0, 0.05) is 148 Å². The molecule has 9 aromatic heterocycles. The Morgan fingerprint density at radius 2 is 0.376 bits per heavy atom. The third kappa shape index (κ3) is 19.3. The van der Waals surface area contributed by atoms with E-state index in [9.17, 15) is 0 Å². The van der Waals surface area contributed by atoms with E-state index in [1.54, 1.807) is 0 Å². The Morgan fingerprint density at radius 1 is 0.168 bits per heavy atom.